The molecule has 2 aliphatic rings. The first-order valence-corrected chi connectivity index (χ1v) is 10.3. The lowest BCUT2D eigenvalue weighted by Crippen LogP contribution is -2.21. The van der Waals surface area contributed by atoms with Crippen LogP contribution in [0.5, 0.6) is 0 Å². The lowest BCUT2D eigenvalue weighted by atomic mass is 10.1. The van der Waals surface area contributed by atoms with Crippen LogP contribution in [0.1, 0.15) is 69.7 Å². The Labute approximate surface area is 162 Å². The van der Waals surface area contributed by atoms with E-state index in [0.717, 1.165) is 21.5 Å². The van der Waals surface area contributed by atoms with Crippen LogP contribution in [0.15, 0.2) is 16.9 Å². The van der Waals surface area contributed by atoms with E-state index in [1.54, 1.807) is 0 Å². The Morgan fingerprint density at radius 1 is 1.08 bits per heavy atom. The van der Waals surface area contributed by atoms with Crippen molar-refractivity contribution in [2.75, 3.05) is 0 Å². The van der Waals surface area contributed by atoms with E-state index in [1.165, 1.54) is 42.6 Å². The Hall–Kier alpha value is -1.69. The molecule has 2 saturated carbocycles. The van der Waals surface area contributed by atoms with Gasteiger partial charge < -0.3 is 4.57 Å². The van der Waals surface area contributed by atoms with Crippen molar-refractivity contribution in [3.05, 3.63) is 28.3 Å². The molecule has 26 heavy (non-hydrogen) atoms. The van der Waals surface area contributed by atoms with Crippen LogP contribution in [0.2, 0.25) is 0 Å². The molecule has 0 aromatic carbocycles. The van der Waals surface area contributed by atoms with Crippen LogP contribution in [0.25, 0.3) is 22.4 Å². The van der Waals surface area contributed by atoms with Gasteiger partial charge in [-0.3, -0.25) is 4.68 Å². The quantitative estimate of drug-likeness (QED) is 0.599. The molecule has 3 heterocycles. The molecule has 2 fully saturated rings. The number of pyridine rings is 1. The highest BCUT2D eigenvalue weighted by molar-refractivity contribution is 9.10. The smallest absolute Gasteiger partial charge is 0.181 e. The average molecular weight is 414 g/mol. The summed E-state index contributed by atoms with van der Waals surface area (Å²) >= 11 is 3.69. The van der Waals surface area contributed by atoms with E-state index in [0.29, 0.717) is 11.8 Å². The second kappa shape index (κ2) is 5.41. The molecule has 136 valence electrons. The Kier molecular flexibility index (Phi) is 3.43. The van der Waals surface area contributed by atoms with Gasteiger partial charge >= 0.3 is 0 Å². The number of fused-ring (bicyclic) bond motifs is 1. The van der Waals surface area contributed by atoms with E-state index < -0.39 is 0 Å². The van der Waals surface area contributed by atoms with Crippen molar-refractivity contribution in [1.29, 1.82) is 0 Å². The second-order valence-corrected chi connectivity index (χ2v) is 9.55. The molecule has 0 radical (unpaired) electrons. The highest BCUT2D eigenvalue weighted by atomic mass is 79.9. The topological polar surface area (TPSA) is 48.5 Å². The van der Waals surface area contributed by atoms with Gasteiger partial charge in [-0.2, -0.15) is 5.10 Å². The molecule has 0 unspecified atom stereocenters. The SMILES string of the molecule is Cn1c(-c2cc3cn(C(C)(C)C)nc3nc2C2CC2)nc(Br)c1C1CC1. The van der Waals surface area contributed by atoms with Crippen molar-refractivity contribution in [3.63, 3.8) is 0 Å². The molecule has 5 rings (SSSR count). The van der Waals surface area contributed by atoms with Gasteiger partial charge in [-0.15, -0.1) is 0 Å². The molecule has 2 aliphatic carbocycles. The van der Waals surface area contributed by atoms with Crippen molar-refractivity contribution in [2.45, 2.75) is 63.8 Å². The Morgan fingerprint density at radius 3 is 2.38 bits per heavy atom. The number of imidazole rings is 1. The Bertz CT molecular complexity index is 1020. The van der Waals surface area contributed by atoms with Crippen LogP contribution >= 0.6 is 15.9 Å². The maximum Gasteiger partial charge on any atom is 0.181 e. The first-order chi connectivity index (χ1) is 12.3. The van der Waals surface area contributed by atoms with Crippen molar-refractivity contribution in [1.82, 2.24) is 24.3 Å². The monoisotopic (exact) mass is 413 g/mol. The van der Waals surface area contributed by atoms with E-state index in [4.69, 9.17) is 15.1 Å². The van der Waals surface area contributed by atoms with Crippen LogP contribution in [0.3, 0.4) is 0 Å². The number of rotatable bonds is 3. The predicted molar refractivity (Wildman–Crippen MR) is 106 cm³/mol. The minimum atomic E-state index is -0.0496. The minimum Gasteiger partial charge on any atom is -0.330 e. The van der Waals surface area contributed by atoms with Gasteiger partial charge in [0.25, 0.3) is 0 Å². The maximum atomic E-state index is 4.99. The summed E-state index contributed by atoms with van der Waals surface area (Å²) in [5.74, 6) is 2.23. The number of nitrogens with zero attached hydrogens (tertiary/aromatic N) is 5. The standard InChI is InChI=1S/C20H24BrN5/c1-20(2,3)26-10-13-9-14(15(11-5-6-11)22-18(13)24-26)19-23-17(21)16(25(19)4)12-7-8-12/h9-12H,5-8H2,1-4H3. The first kappa shape index (κ1) is 16.5. The summed E-state index contributed by atoms with van der Waals surface area (Å²) in [6.07, 6.45) is 7.08. The zero-order chi connectivity index (χ0) is 18.2. The molecule has 0 aliphatic heterocycles. The summed E-state index contributed by atoms with van der Waals surface area (Å²) in [7, 11) is 2.14. The molecule has 6 heteroatoms. The van der Waals surface area contributed by atoms with Gasteiger partial charge in [0.1, 0.15) is 10.4 Å². The highest BCUT2D eigenvalue weighted by Gasteiger charge is 2.34. The third-order valence-corrected chi connectivity index (χ3v) is 6.06. The molecule has 0 spiro atoms. The summed E-state index contributed by atoms with van der Waals surface area (Å²) in [5, 5.41) is 5.83. The van der Waals surface area contributed by atoms with Crippen LogP contribution < -0.4 is 0 Å². The third-order valence-electron chi connectivity index (χ3n) is 5.47. The molecule has 0 bridgehead atoms. The summed E-state index contributed by atoms with van der Waals surface area (Å²) in [6.45, 7) is 6.50. The molecule has 0 atom stereocenters. The van der Waals surface area contributed by atoms with Crippen molar-refractivity contribution in [2.24, 2.45) is 7.05 Å². The van der Waals surface area contributed by atoms with Crippen molar-refractivity contribution >= 4 is 27.0 Å². The molecule has 5 nitrogen and oxygen atoms in total. The molecule has 0 saturated heterocycles. The summed E-state index contributed by atoms with van der Waals surface area (Å²) < 4.78 is 5.28. The Balaban J connectivity index is 1.71. The van der Waals surface area contributed by atoms with Crippen LogP contribution in [0, 0.1) is 0 Å². The highest BCUT2D eigenvalue weighted by Crippen LogP contribution is 2.47. The number of hydrogen-bond acceptors (Lipinski definition) is 3. The van der Waals surface area contributed by atoms with Gasteiger partial charge in [0.05, 0.1) is 16.9 Å². The summed E-state index contributed by atoms with van der Waals surface area (Å²) in [5.41, 5.74) is 4.46. The number of aromatic nitrogens is 5. The van der Waals surface area contributed by atoms with Crippen LogP contribution in [0.4, 0.5) is 0 Å². The lowest BCUT2D eigenvalue weighted by molar-refractivity contribution is 0.358. The molecule has 3 aromatic heterocycles. The fourth-order valence-electron chi connectivity index (χ4n) is 3.68. The van der Waals surface area contributed by atoms with E-state index >= 15 is 0 Å². The normalized spacial score (nSPS) is 18.0. The fourth-order valence-corrected chi connectivity index (χ4v) is 4.44. The van der Waals surface area contributed by atoms with Gasteiger partial charge in [0.15, 0.2) is 5.65 Å². The van der Waals surface area contributed by atoms with Crippen LogP contribution in [-0.4, -0.2) is 24.3 Å². The fraction of sp³-hybridized carbons (Fsp3) is 0.550. The van der Waals surface area contributed by atoms with Gasteiger partial charge in [-0.25, -0.2) is 9.97 Å². The lowest BCUT2D eigenvalue weighted by Gasteiger charge is -2.18. The van der Waals surface area contributed by atoms with Crippen molar-refractivity contribution in [3.8, 4) is 11.4 Å². The van der Waals surface area contributed by atoms with Crippen molar-refractivity contribution < 1.29 is 0 Å². The third kappa shape index (κ3) is 2.61. The number of halogens is 1. The second-order valence-electron chi connectivity index (χ2n) is 8.80. The molecular formula is C20H24BrN5. The van der Waals surface area contributed by atoms with E-state index in [2.05, 4.69) is 60.6 Å². The van der Waals surface area contributed by atoms with E-state index in [1.807, 2.05) is 4.68 Å². The van der Waals surface area contributed by atoms with E-state index in [9.17, 15) is 0 Å². The molecular weight excluding hydrogens is 390 g/mol. The molecule has 0 N–H and O–H groups in total. The van der Waals surface area contributed by atoms with Gasteiger partial charge in [-0.05, 0) is 68.5 Å². The molecule has 3 aromatic rings. The first-order valence-electron chi connectivity index (χ1n) is 9.46. The zero-order valence-corrected chi connectivity index (χ0v) is 17.3. The van der Waals surface area contributed by atoms with Gasteiger partial charge in [0.2, 0.25) is 0 Å². The van der Waals surface area contributed by atoms with Gasteiger partial charge in [0, 0.05) is 36.0 Å². The van der Waals surface area contributed by atoms with E-state index in [-0.39, 0.29) is 5.54 Å². The minimum absolute atomic E-state index is 0.0496. The number of hydrogen-bond donors (Lipinski definition) is 0. The zero-order valence-electron chi connectivity index (χ0n) is 15.8. The molecule has 0 amide bonds. The van der Waals surface area contributed by atoms with Gasteiger partial charge in [-0.1, -0.05) is 0 Å². The Morgan fingerprint density at radius 2 is 1.77 bits per heavy atom. The summed E-state index contributed by atoms with van der Waals surface area (Å²) in [6, 6.07) is 2.25. The summed E-state index contributed by atoms with van der Waals surface area (Å²) in [4.78, 5) is 9.87. The predicted octanol–water partition coefficient (Wildman–Crippen LogP) is 5.10. The van der Waals surface area contributed by atoms with Crippen LogP contribution in [-0.2, 0) is 12.6 Å². The average Bonchev–Trinajstić information content (AvgIpc) is 3.48. The maximum absolute atomic E-state index is 4.99. The largest absolute Gasteiger partial charge is 0.330 e.